The number of hydrogen-bond acceptors (Lipinski definition) is 24. The number of carboxylic acid groups (broad SMARTS) is 1. The van der Waals surface area contributed by atoms with Gasteiger partial charge in [0, 0.05) is 72.7 Å². The summed E-state index contributed by atoms with van der Waals surface area (Å²) in [7, 11) is -0.372. The number of amidine groups is 2. The second-order valence-electron chi connectivity index (χ2n) is 36.3. The zero-order valence-corrected chi connectivity index (χ0v) is 85.6. The molecule has 0 amide bonds. The highest BCUT2D eigenvalue weighted by molar-refractivity contribution is 9.10. The molecule has 1 fully saturated rings. The number of nitriles is 2. The first-order chi connectivity index (χ1) is 63.3. The predicted molar refractivity (Wildman–Crippen MR) is 540 cm³/mol. The average Bonchev–Trinajstić information content (AvgIpc) is 1.62. The van der Waals surface area contributed by atoms with E-state index >= 15 is 0 Å². The number of Topliss-reactive ketones (excluding diaryl/α,β-unsaturated/α-hetero) is 6. The molecule has 10 aromatic rings. The summed E-state index contributed by atoms with van der Waals surface area (Å²) in [5, 5.41) is 61.4. The Kier molecular flexibility index (Phi) is 47.2. The number of pyridine rings is 3. The number of ketones is 6. The third-order valence-electron chi connectivity index (χ3n) is 21.7. The summed E-state index contributed by atoms with van der Waals surface area (Å²) in [6.07, 6.45) is 4.68. The van der Waals surface area contributed by atoms with Crippen LogP contribution in [-0.2, 0) is 42.9 Å². The van der Waals surface area contributed by atoms with Crippen molar-refractivity contribution in [3.8, 4) is 80.4 Å². The molecule has 11 rings (SSSR count). The molecule has 0 aliphatic carbocycles. The Bertz CT molecular complexity index is 5600. The van der Waals surface area contributed by atoms with Crippen LogP contribution in [0.1, 0.15) is 181 Å². The molecular weight excluding hydrogens is 1880 g/mol. The lowest BCUT2D eigenvalue weighted by molar-refractivity contribution is -0.134. The number of nitrogens with two attached hydrogens (primary N) is 2. The second kappa shape index (κ2) is 54.7. The van der Waals surface area contributed by atoms with Crippen molar-refractivity contribution in [3.63, 3.8) is 0 Å². The number of aliphatic carboxylic acids is 1. The van der Waals surface area contributed by atoms with Crippen LogP contribution in [0.5, 0.6) is 34.5 Å². The van der Waals surface area contributed by atoms with Crippen molar-refractivity contribution in [2.75, 3.05) is 39.6 Å². The summed E-state index contributed by atoms with van der Waals surface area (Å²) in [6, 6.07) is 66.0. The molecule has 724 valence electrons. The molecule has 136 heavy (non-hydrogen) atoms. The Labute approximate surface area is 821 Å². The first-order valence-corrected chi connectivity index (χ1v) is 45.0. The molecule has 27 nitrogen and oxygen atoms in total. The van der Waals surface area contributed by atoms with Gasteiger partial charge in [0.15, 0.2) is 5.84 Å². The third kappa shape index (κ3) is 41.6. The molecule has 0 saturated carbocycles. The van der Waals surface area contributed by atoms with E-state index in [0.717, 1.165) is 66.6 Å². The molecule has 1 aliphatic heterocycles. The number of aliphatic hydroxyl groups is 1. The van der Waals surface area contributed by atoms with Crippen LogP contribution < -0.4 is 40.6 Å². The Morgan fingerprint density at radius 3 is 0.926 bits per heavy atom. The van der Waals surface area contributed by atoms with E-state index in [4.69, 9.17) is 97.3 Å². The summed E-state index contributed by atoms with van der Waals surface area (Å²) < 4.78 is 42.4. The van der Waals surface area contributed by atoms with Gasteiger partial charge in [-0.3, -0.25) is 53.9 Å². The monoisotopic (exact) mass is 2010 g/mol. The largest absolute Gasteiger partial charge is 0.508 e. The van der Waals surface area contributed by atoms with E-state index in [2.05, 4.69) is 52.0 Å². The molecule has 3 aromatic heterocycles. The van der Waals surface area contributed by atoms with Crippen molar-refractivity contribution in [2.45, 2.75) is 170 Å². The molecule has 0 spiro atoms. The SMILES string of the molecule is CC(=O)C(C)(C)CO.CC(=O)C(C)(C)COc1ccc(-c2ccc(C#N)cn2)cc1.CC(=O)C(C)(C)COc1ccc(-c2ccc(C(=N)N)cn2)cc1.CC(=O)C(C)(C)COc1ccc(-c2ccc(C(N)=NO)cn2)cc1.CC(=O)C(C)(C)COc1ccc(B2OC(C)(C)C(C)(C)O2)cc1.CC(=O)C(C)(C)COc1ccc(Br)cc1.CC(=O)O.N#Cc1ccc(Cl)cc1.Oc1ccc(Br)cc1. The van der Waals surface area contributed by atoms with Gasteiger partial charge in [-0.15, -0.1) is 0 Å². The number of rotatable bonds is 28. The number of aromatic nitrogens is 3. The van der Waals surface area contributed by atoms with Gasteiger partial charge in [0.2, 0.25) is 0 Å². The molecule has 0 bridgehead atoms. The molecule has 1 aliphatic rings. The van der Waals surface area contributed by atoms with E-state index in [0.29, 0.717) is 83.3 Å². The number of oxime groups is 1. The molecule has 7 aromatic carbocycles. The van der Waals surface area contributed by atoms with Crippen molar-refractivity contribution < 1.29 is 87.1 Å². The van der Waals surface area contributed by atoms with Crippen LogP contribution in [0.3, 0.4) is 0 Å². The number of ether oxygens (including phenoxy) is 5. The van der Waals surface area contributed by atoms with Gasteiger partial charge in [-0.05, 0) is 338 Å². The number of carbonyl (C=O) groups excluding carboxylic acids is 6. The average molecular weight is 2010 g/mol. The number of aromatic hydroxyl groups is 1. The van der Waals surface area contributed by atoms with Crippen LogP contribution in [-0.4, -0.2) is 146 Å². The van der Waals surface area contributed by atoms with Gasteiger partial charge in [-0.25, -0.2) is 0 Å². The minimum Gasteiger partial charge on any atom is -0.508 e. The maximum Gasteiger partial charge on any atom is 0.494 e. The first-order valence-electron chi connectivity index (χ1n) is 43.0. The van der Waals surface area contributed by atoms with Crippen LogP contribution in [0.25, 0.3) is 33.8 Å². The van der Waals surface area contributed by atoms with E-state index in [9.17, 15) is 28.8 Å². The molecular formula is C105H127BBr2ClN9O18. The fraction of sp³-hybridized carbons (Fsp3) is 0.352. The zero-order valence-electron chi connectivity index (χ0n) is 81.7. The Balaban J connectivity index is 0.000000409. The summed E-state index contributed by atoms with van der Waals surface area (Å²) in [5.74, 6) is 3.71. The lowest BCUT2D eigenvalue weighted by atomic mass is 9.79. The lowest BCUT2D eigenvalue weighted by Gasteiger charge is -2.32. The van der Waals surface area contributed by atoms with E-state index in [1.165, 1.54) is 6.92 Å². The maximum atomic E-state index is 11.5. The number of phenolic OH excluding ortho intramolecular Hbond substituents is 1. The quantitative estimate of drug-likeness (QED) is 0.00787. The van der Waals surface area contributed by atoms with Gasteiger partial charge in [0.05, 0.1) is 79.2 Å². The summed E-state index contributed by atoms with van der Waals surface area (Å²) in [6.45, 7) is 42.5. The maximum absolute atomic E-state index is 11.5. The summed E-state index contributed by atoms with van der Waals surface area (Å²) in [4.78, 5) is 89.6. The third-order valence-corrected chi connectivity index (χ3v) is 23.0. The van der Waals surface area contributed by atoms with Crippen LogP contribution >= 0.6 is 43.5 Å². The van der Waals surface area contributed by atoms with Gasteiger partial charge in [-0.2, -0.15) is 10.5 Å². The molecule has 9 N–H and O–H groups in total. The number of carboxylic acids is 1. The molecule has 4 heterocycles. The molecule has 0 radical (unpaired) electrons. The number of hydrogen-bond donors (Lipinski definition) is 7. The number of phenols is 1. The van der Waals surface area contributed by atoms with Crippen molar-refractivity contribution >= 4 is 108 Å². The number of nitrogen functional groups attached to an aromatic ring is 1. The van der Waals surface area contributed by atoms with Gasteiger partial charge >= 0.3 is 7.12 Å². The van der Waals surface area contributed by atoms with Crippen LogP contribution in [0.2, 0.25) is 5.02 Å². The van der Waals surface area contributed by atoms with E-state index < -0.39 is 38.5 Å². The van der Waals surface area contributed by atoms with Crippen LogP contribution in [0.4, 0.5) is 0 Å². The molecule has 1 saturated heterocycles. The van der Waals surface area contributed by atoms with Crippen molar-refractivity contribution in [1.82, 2.24) is 15.0 Å². The topological polar surface area (TPSA) is 440 Å². The van der Waals surface area contributed by atoms with Crippen molar-refractivity contribution in [3.05, 3.63) is 261 Å². The number of halogens is 3. The van der Waals surface area contributed by atoms with Crippen molar-refractivity contribution in [1.29, 1.82) is 15.9 Å². The van der Waals surface area contributed by atoms with E-state index in [1.54, 1.807) is 140 Å². The predicted octanol–water partition coefficient (Wildman–Crippen LogP) is 21.0. The number of benzene rings is 7. The van der Waals surface area contributed by atoms with Crippen LogP contribution in [0, 0.1) is 60.6 Å². The number of aliphatic hydroxyl groups excluding tert-OH is 1. The molecule has 31 heteroatoms. The molecule has 0 atom stereocenters. The van der Waals surface area contributed by atoms with Crippen LogP contribution in [0.15, 0.2) is 239 Å². The standard InChI is InChI=1S/C18H27BO4.C18H21N3O3.C18H21N3O2.C18H18N2O2.C12H15BrO2.C7H4ClN.C6H5BrO.C6H12O2.C2H4O2/c1-13(20)16(2,3)12-21-15-10-8-14(9-11-15)19-22-17(4,5)18(6,7)23-19;1-12(22)18(2,3)11-24-15-7-4-13(5-8-15)16-9-6-14(10-20-16)17(19)21-23;1-12(22)18(2,3)11-23-15-7-4-13(5-8-15)16-9-6-14(10-21-16)17(19)20;1-13(21)18(2,3)12-22-16-7-5-15(6-8-16)17-9-4-14(10-19)11-20-17;1-9(14)12(2,3)8-15-11-6-4-10(13)5-7-11;8-7-3-1-6(5-9)2-4-7;7-5-1-3-6(8)4-2-5;1-5(8)6(2,3)4-7;1-2(3)4/h8-11H,12H2,1-7H3;4-10,23H,11H2,1-3H3,(H2,19,21);4-10H,11H2,1-3H3,(H3,19,20);4-9,11H,12H2,1-3H3;4-7H,8H2,1-3H3;1-4H;1-4,8H;7H,4H2,1-3H3;1H3,(H,3,4). The highest BCUT2D eigenvalue weighted by atomic mass is 79.9. The van der Waals surface area contributed by atoms with Gasteiger partial charge in [0.25, 0.3) is 5.97 Å². The van der Waals surface area contributed by atoms with Gasteiger partial charge in [-0.1, -0.05) is 74.6 Å². The number of carbonyl (C=O) groups is 7. The van der Waals surface area contributed by atoms with E-state index in [-0.39, 0.29) is 71.3 Å². The lowest BCUT2D eigenvalue weighted by Crippen LogP contribution is -2.41. The Hall–Kier alpha value is -12.8. The van der Waals surface area contributed by atoms with Gasteiger partial charge in [0.1, 0.15) is 114 Å². The Morgan fingerprint density at radius 2 is 0.691 bits per heavy atom. The Morgan fingerprint density at radius 1 is 0.426 bits per heavy atom. The minimum absolute atomic E-state index is 0.000818. The van der Waals surface area contributed by atoms with Crippen molar-refractivity contribution in [2.24, 2.45) is 49.1 Å². The highest BCUT2D eigenvalue weighted by Gasteiger charge is 2.52. The minimum atomic E-state index is -0.833. The fourth-order valence-corrected chi connectivity index (χ4v) is 10.1. The second-order valence-corrected chi connectivity index (χ2v) is 38.6. The summed E-state index contributed by atoms with van der Waals surface area (Å²) >= 11 is 12.1. The highest BCUT2D eigenvalue weighted by Crippen LogP contribution is 2.37. The smallest absolute Gasteiger partial charge is 0.494 e. The normalized spacial score (nSPS) is 12.3. The number of nitrogens with one attached hydrogen (secondary N) is 1. The molecule has 0 unspecified atom stereocenters. The number of nitrogens with zero attached hydrogens (tertiary/aromatic N) is 6. The van der Waals surface area contributed by atoms with Gasteiger partial charge < -0.3 is 65.0 Å². The van der Waals surface area contributed by atoms with E-state index in [1.807, 2.05) is 243 Å². The summed E-state index contributed by atoms with van der Waals surface area (Å²) in [5.41, 5.74) is 15.7. The fourth-order valence-electron chi connectivity index (χ4n) is 9.43. The first kappa shape index (κ1) is 117. The zero-order chi connectivity index (χ0) is 103.